The van der Waals surface area contributed by atoms with E-state index in [1.165, 1.54) is 0 Å². The van der Waals surface area contributed by atoms with Crippen LogP contribution in [0, 0.1) is 6.92 Å². The predicted octanol–water partition coefficient (Wildman–Crippen LogP) is 0.437. The maximum Gasteiger partial charge on any atom is 0.317 e. The van der Waals surface area contributed by atoms with Crippen molar-refractivity contribution in [3.63, 3.8) is 0 Å². The fourth-order valence-electron chi connectivity index (χ4n) is 1.72. The predicted molar refractivity (Wildman–Crippen MR) is 63.7 cm³/mol. The van der Waals surface area contributed by atoms with Gasteiger partial charge in [0.25, 0.3) is 0 Å². The molecule has 1 aromatic heterocycles. The van der Waals surface area contributed by atoms with Gasteiger partial charge in [-0.2, -0.15) is 4.98 Å². The summed E-state index contributed by atoms with van der Waals surface area (Å²) in [6.45, 7) is 3.17. The Bertz CT molecular complexity index is 444. The first-order chi connectivity index (χ1) is 8.69. The summed E-state index contributed by atoms with van der Waals surface area (Å²) in [7, 11) is 0. The van der Waals surface area contributed by atoms with Crippen molar-refractivity contribution in [2.45, 2.75) is 25.9 Å². The summed E-state index contributed by atoms with van der Waals surface area (Å²) < 4.78 is 10.9. The minimum atomic E-state index is -0.0580. The van der Waals surface area contributed by atoms with Crippen LogP contribution in [0.1, 0.15) is 24.2 Å². The highest BCUT2D eigenvalue weighted by atomic mass is 16.5. The van der Waals surface area contributed by atoms with Crippen molar-refractivity contribution < 1.29 is 14.7 Å². The summed E-state index contributed by atoms with van der Waals surface area (Å²) in [5.41, 5.74) is 6.56. The lowest BCUT2D eigenvalue weighted by Crippen LogP contribution is -2.27. The number of hydrogen-bond donors (Lipinski definition) is 2. The molecule has 0 aliphatic carbocycles. The van der Waals surface area contributed by atoms with Crippen LogP contribution in [0.2, 0.25) is 0 Å². The SMILES string of the molecule is Cc1cc(/C(N)=N/O)nc(OC2CCOCC2)n1. The molecule has 2 rings (SSSR count). The average molecular weight is 252 g/mol. The van der Waals surface area contributed by atoms with E-state index in [1.54, 1.807) is 13.0 Å². The molecule has 0 aromatic carbocycles. The molecule has 2 heterocycles. The van der Waals surface area contributed by atoms with E-state index in [-0.39, 0.29) is 18.0 Å². The number of ether oxygens (including phenoxy) is 2. The maximum absolute atomic E-state index is 8.64. The van der Waals surface area contributed by atoms with Crippen LogP contribution in [0.15, 0.2) is 11.2 Å². The van der Waals surface area contributed by atoms with Gasteiger partial charge in [0.15, 0.2) is 5.84 Å². The molecule has 1 aliphatic heterocycles. The highest BCUT2D eigenvalue weighted by Crippen LogP contribution is 2.15. The monoisotopic (exact) mass is 252 g/mol. The molecule has 0 amide bonds. The van der Waals surface area contributed by atoms with E-state index < -0.39 is 0 Å². The van der Waals surface area contributed by atoms with Crippen LogP contribution in [0.5, 0.6) is 6.01 Å². The zero-order valence-electron chi connectivity index (χ0n) is 10.2. The van der Waals surface area contributed by atoms with E-state index in [2.05, 4.69) is 15.1 Å². The molecular formula is C11H16N4O3. The fourth-order valence-corrected chi connectivity index (χ4v) is 1.72. The first-order valence-corrected chi connectivity index (χ1v) is 5.77. The number of aromatic nitrogens is 2. The van der Waals surface area contributed by atoms with E-state index in [0.717, 1.165) is 12.8 Å². The molecule has 1 aromatic rings. The molecule has 0 saturated carbocycles. The Morgan fingerprint density at radius 1 is 1.50 bits per heavy atom. The third kappa shape index (κ3) is 3.07. The molecular weight excluding hydrogens is 236 g/mol. The van der Waals surface area contributed by atoms with Crippen molar-refractivity contribution in [1.82, 2.24) is 9.97 Å². The molecule has 0 unspecified atom stereocenters. The Morgan fingerprint density at radius 2 is 2.22 bits per heavy atom. The Morgan fingerprint density at radius 3 is 2.89 bits per heavy atom. The number of nitrogens with two attached hydrogens (primary N) is 1. The Balaban J connectivity index is 2.14. The molecule has 18 heavy (non-hydrogen) atoms. The lowest BCUT2D eigenvalue weighted by molar-refractivity contribution is 0.0216. The summed E-state index contributed by atoms with van der Waals surface area (Å²) in [6, 6.07) is 1.88. The highest BCUT2D eigenvalue weighted by Gasteiger charge is 2.17. The number of rotatable bonds is 3. The average Bonchev–Trinajstić information content (AvgIpc) is 2.38. The molecule has 0 spiro atoms. The van der Waals surface area contributed by atoms with Crippen LogP contribution >= 0.6 is 0 Å². The largest absolute Gasteiger partial charge is 0.460 e. The van der Waals surface area contributed by atoms with Crippen molar-refractivity contribution >= 4 is 5.84 Å². The van der Waals surface area contributed by atoms with E-state index in [4.69, 9.17) is 20.4 Å². The van der Waals surface area contributed by atoms with Gasteiger partial charge in [-0.1, -0.05) is 5.16 Å². The summed E-state index contributed by atoms with van der Waals surface area (Å²) in [5, 5.41) is 11.6. The van der Waals surface area contributed by atoms with Gasteiger partial charge in [-0.15, -0.1) is 0 Å². The smallest absolute Gasteiger partial charge is 0.317 e. The van der Waals surface area contributed by atoms with Crippen LogP contribution in [0.25, 0.3) is 0 Å². The Labute approximate surface area is 105 Å². The number of aryl methyl sites for hydroxylation is 1. The van der Waals surface area contributed by atoms with Crippen LogP contribution in [-0.4, -0.2) is 40.3 Å². The number of amidine groups is 1. The molecule has 0 atom stereocenters. The van der Waals surface area contributed by atoms with E-state index in [9.17, 15) is 0 Å². The number of oxime groups is 1. The second-order valence-electron chi connectivity index (χ2n) is 4.09. The standard InChI is InChI=1S/C11H16N4O3/c1-7-6-9(10(12)15-16)14-11(13-7)18-8-2-4-17-5-3-8/h6,8,16H,2-5H2,1H3,(H2,12,15). The van der Waals surface area contributed by atoms with Gasteiger partial charge in [-0.05, 0) is 13.0 Å². The lowest BCUT2D eigenvalue weighted by atomic mass is 10.2. The van der Waals surface area contributed by atoms with Gasteiger partial charge >= 0.3 is 6.01 Å². The molecule has 7 heteroatoms. The van der Waals surface area contributed by atoms with E-state index >= 15 is 0 Å². The molecule has 7 nitrogen and oxygen atoms in total. The van der Waals surface area contributed by atoms with Gasteiger partial charge in [0.2, 0.25) is 0 Å². The van der Waals surface area contributed by atoms with Gasteiger partial charge < -0.3 is 20.4 Å². The maximum atomic E-state index is 8.64. The summed E-state index contributed by atoms with van der Waals surface area (Å²) in [6.07, 6.45) is 1.69. The first-order valence-electron chi connectivity index (χ1n) is 5.77. The van der Waals surface area contributed by atoms with Crippen molar-refractivity contribution in [3.8, 4) is 6.01 Å². The minimum Gasteiger partial charge on any atom is -0.460 e. The normalized spacial score (nSPS) is 17.7. The van der Waals surface area contributed by atoms with Gasteiger partial charge in [0.1, 0.15) is 11.8 Å². The summed E-state index contributed by atoms with van der Waals surface area (Å²) >= 11 is 0. The molecule has 1 fully saturated rings. The molecule has 1 saturated heterocycles. The highest BCUT2D eigenvalue weighted by molar-refractivity contribution is 5.95. The number of hydrogen-bond acceptors (Lipinski definition) is 6. The van der Waals surface area contributed by atoms with Crippen molar-refractivity contribution in [1.29, 1.82) is 0 Å². The zero-order chi connectivity index (χ0) is 13.0. The zero-order valence-corrected chi connectivity index (χ0v) is 10.2. The second-order valence-corrected chi connectivity index (χ2v) is 4.09. The lowest BCUT2D eigenvalue weighted by Gasteiger charge is -2.22. The topological polar surface area (TPSA) is 103 Å². The van der Waals surface area contributed by atoms with Crippen LogP contribution in [0.4, 0.5) is 0 Å². The minimum absolute atomic E-state index is 0.0562. The summed E-state index contributed by atoms with van der Waals surface area (Å²) in [5.74, 6) is -0.0580. The van der Waals surface area contributed by atoms with Crippen molar-refractivity contribution in [2.75, 3.05) is 13.2 Å². The van der Waals surface area contributed by atoms with Crippen LogP contribution in [-0.2, 0) is 4.74 Å². The summed E-state index contributed by atoms with van der Waals surface area (Å²) in [4.78, 5) is 8.29. The van der Waals surface area contributed by atoms with Gasteiger partial charge in [0, 0.05) is 18.5 Å². The fraction of sp³-hybridized carbons (Fsp3) is 0.545. The molecule has 0 radical (unpaired) electrons. The quantitative estimate of drug-likeness (QED) is 0.350. The van der Waals surface area contributed by atoms with Gasteiger partial charge in [-0.25, -0.2) is 4.98 Å². The Hall–Kier alpha value is -1.89. The van der Waals surface area contributed by atoms with Crippen LogP contribution in [0.3, 0.4) is 0 Å². The van der Waals surface area contributed by atoms with E-state index in [1.807, 2.05) is 0 Å². The van der Waals surface area contributed by atoms with Crippen molar-refractivity contribution in [2.24, 2.45) is 10.9 Å². The first kappa shape index (κ1) is 12.6. The third-order valence-corrected chi connectivity index (χ3v) is 2.64. The third-order valence-electron chi connectivity index (χ3n) is 2.64. The van der Waals surface area contributed by atoms with Crippen LogP contribution < -0.4 is 10.5 Å². The van der Waals surface area contributed by atoms with Gasteiger partial charge in [0.05, 0.1) is 13.2 Å². The molecule has 1 aliphatic rings. The molecule has 0 bridgehead atoms. The van der Waals surface area contributed by atoms with Crippen molar-refractivity contribution in [3.05, 3.63) is 17.5 Å². The van der Waals surface area contributed by atoms with E-state index in [0.29, 0.717) is 24.6 Å². The molecule has 98 valence electrons. The Kier molecular flexibility index (Phi) is 3.93. The molecule has 3 N–H and O–H groups in total. The number of nitrogens with zero attached hydrogens (tertiary/aromatic N) is 3. The van der Waals surface area contributed by atoms with Gasteiger partial charge in [-0.3, -0.25) is 0 Å². The second kappa shape index (κ2) is 5.63.